The molecule has 0 saturated carbocycles. The van der Waals surface area contributed by atoms with Crippen molar-refractivity contribution in [1.82, 2.24) is 0 Å². The molecule has 0 bridgehead atoms. The summed E-state index contributed by atoms with van der Waals surface area (Å²) in [5, 5.41) is 3.18. The van der Waals surface area contributed by atoms with Crippen LogP contribution in [0.15, 0.2) is 36.4 Å². The first-order valence-electron chi connectivity index (χ1n) is 5.91. The van der Waals surface area contributed by atoms with Gasteiger partial charge in [-0.2, -0.15) is 0 Å². The first-order valence-corrected chi connectivity index (χ1v) is 6.81. The summed E-state index contributed by atoms with van der Waals surface area (Å²) in [6, 6.07) is 14.1. The van der Waals surface area contributed by atoms with Gasteiger partial charge in [-0.25, -0.2) is 7.80 Å². The van der Waals surface area contributed by atoms with Gasteiger partial charge in [0.1, 0.15) is 0 Å². The van der Waals surface area contributed by atoms with Crippen LogP contribution in [0.25, 0.3) is 0 Å². The van der Waals surface area contributed by atoms with Crippen LogP contribution in [0.4, 0.5) is 0 Å². The number of rotatable bonds is 2. The SMILES string of the molecule is [BH3-]P(c1cc(C)cc(C)c1)c1cc(C)cc(C)c1. The van der Waals surface area contributed by atoms with Gasteiger partial charge >= 0.3 is 0 Å². The predicted octanol–water partition coefficient (Wildman–Crippen LogP) is 2.63. The largest absolute Gasteiger partial charge is 0.226 e. The monoisotopic (exact) mass is 255 g/mol. The highest BCUT2D eigenvalue weighted by Gasteiger charge is 2.04. The van der Waals surface area contributed by atoms with E-state index in [1.54, 1.807) is 10.6 Å². The molecule has 0 atom stereocenters. The van der Waals surface area contributed by atoms with E-state index >= 15 is 0 Å². The minimum absolute atomic E-state index is 0.0144. The summed E-state index contributed by atoms with van der Waals surface area (Å²) in [6.45, 7) is 8.84. The van der Waals surface area contributed by atoms with Crippen LogP contribution in [0.2, 0.25) is 0 Å². The second-order valence-corrected chi connectivity index (χ2v) is 6.06. The van der Waals surface area contributed by atoms with Crippen LogP contribution in [-0.4, -0.2) is 7.57 Å². The van der Waals surface area contributed by atoms with Crippen molar-refractivity contribution >= 4 is 26.0 Å². The highest BCUT2D eigenvalue weighted by molar-refractivity contribution is 7.94. The second kappa shape index (κ2) is 5.28. The maximum atomic E-state index is 2.39. The summed E-state index contributed by atoms with van der Waals surface area (Å²) >= 11 is 0. The van der Waals surface area contributed by atoms with Crippen LogP contribution in [-0.2, 0) is 0 Å². The van der Waals surface area contributed by atoms with Gasteiger partial charge in [0.25, 0.3) is 0 Å². The van der Waals surface area contributed by atoms with E-state index < -0.39 is 0 Å². The van der Waals surface area contributed by atoms with Crippen LogP contribution < -0.4 is 10.6 Å². The van der Waals surface area contributed by atoms with E-state index in [0.717, 1.165) is 0 Å². The molecule has 18 heavy (non-hydrogen) atoms. The van der Waals surface area contributed by atoms with Crippen LogP contribution in [0.5, 0.6) is 0 Å². The zero-order chi connectivity index (χ0) is 13.3. The fourth-order valence-corrected chi connectivity index (χ4v) is 3.55. The molecule has 0 aromatic heterocycles. The fourth-order valence-electron chi connectivity index (χ4n) is 2.18. The molecule has 2 aromatic rings. The standard InChI is InChI=1S/C16H21BP/c1-11-5-12(2)8-15(7-11)18(17)16-9-13(3)6-14(4)10-16/h5-10H,1-4,17H3/q-1. The molecule has 0 aliphatic carbocycles. The lowest BCUT2D eigenvalue weighted by Gasteiger charge is -2.22. The Kier molecular flexibility index (Phi) is 3.92. The molecule has 0 heterocycles. The Morgan fingerprint density at radius 2 is 0.889 bits per heavy atom. The van der Waals surface area contributed by atoms with E-state index in [1.807, 2.05) is 0 Å². The van der Waals surface area contributed by atoms with Crippen molar-refractivity contribution in [2.24, 2.45) is 0 Å². The molecule has 0 saturated heterocycles. The summed E-state index contributed by atoms with van der Waals surface area (Å²) in [5.41, 5.74) is 5.62. The lowest BCUT2D eigenvalue weighted by Crippen LogP contribution is -2.13. The first-order chi connectivity index (χ1) is 8.45. The Labute approximate surface area is 113 Å². The van der Waals surface area contributed by atoms with Crippen LogP contribution >= 0.6 is 7.80 Å². The van der Waals surface area contributed by atoms with E-state index in [-0.39, 0.29) is 7.80 Å². The fraction of sp³-hybridized carbons (Fsp3) is 0.250. The summed E-state index contributed by atoms with van der Waals surface area (Å²) in [7, 11) is 0.324. The first kappa shape index (κ1) is 13.4. The second-order valence-electron chi connectivity index (χ2n) is 4.80. The van der Waals surface area contributed by atoms with Gasteiger partial charge in [0.15, 0.2) is 0 Å². The Morgan fingerprint density at radius 1 is 0.611 bits per heavy atom. The predicted molar refractivity (Wildman–Crippen MR) is 88.0 cm³/mol. The third-order valence-corrected chi connectivity index (χ3v) is 3.70. The summed E-state index contributed by atoms with van der Waals surface area (Å²) in [6.07, 6.45) is 0. The van der Waals surface area contributed by atoms with Gasteiger partial charge in [-0.15, -0.1) is 0 Å². The molecule has 0 aliphatic rings. The zero-order valence-corrected chi connectivity index (χ0v) is 11.8. The lowest BCUT2D eigenvalue weighted by atomic mass is 10.2. The van der Waals surface area contributed by atoms with Gasteiger partial charge in [0, 0.05) is 0 Å². The van der Waals surface area contributed by atoms with E-state index in [1.165, 1.54) is 22.3 Å². The van der Waals surface area contributed by atoms with Crippen molar-refractivity contribution in [2.75, 3.05) is 0 Å². The van der Waals surface area contributed by atoms with E-state index in [9.17, 15) is 0 Å². The number of benzene rings is 2. The minimum atomic E-state index is 0.0144. The van der Waals surface area contributed by atoms with Crippen LogP contribution in [0, 0.1) is 27.7 Å². The Morgan fingerprint density at radius 3 is 1.17 bits per heavy atom. The molecule has 0 radical (unpaired) electrons. The molecular formula is C16H21BP-. The van der Waals surface area contributed by atoms with Crippen LogP contribution in [0.3, 0.4) is 0 Å². The minimum Gasteiger partial charge on any atom is -0.226 e. The molecule has 0 unspecified atom stereocenters. The average Bonchev–Trinajstić information content (AvgIpc) is 2.25. The molecule has 0 N–H and O–H groups in total. The Hall–Kier alpha value is -1.07. The molecule has 2 rings (SSSR count). The van der Waals surface area contributed by atoms with Gasteiger partial charge in [0.05, 0.1) is 0 Å². The average molecular weight is 255 g/mol. The van der Waals surface area contributed by atoms with Crippen LogP contribution in [0.1, 0.15) is 22.3 Å². The maximum Gasteiger partial charge on any atom is -0.0108 e. The Balaban J connectivity index is 2.43. The maximum absolute atomic E-state index is 2.39. The molecule has 0 nitrogen and oxygen atoms in total. The summed E-state index contributed by atoms with van der Waals surface area (Å²) in [5.74, 6) is 0. The Bertz CT molecular complexity index is 483. The zero-order valence-electron chi connectivity index (χ0n) is 10.9. The quantitative estimate of drug-likeness (QED) is 0.571. The molecule has 94 valence electrons. The van der Waals surface area contributed by atoms with Crippen molar-refractivity contribution in [3.63, 3.8) is 0 Å². The van der Waals surface area contributed by atoms with E-state index in [4.69, 9.17) is 0 Å². The molecule has 2 aromatic carbocycles. The lowest BCUT2D eigenvalue weighted by molar-refractivity contribution is 1.40. The van der Waals surface area contributed by atoms with Crippen molar-refractivity contribution in [3.05, 3.63) is 58.7 Å². The van der Waals surface area contributed by atoms with E-state index in [0.29, 0.717) is 7.57 Å². The normalized spacial score (nSPS) is 11.0. The molecule has 0 spiro atoms. The molecule has 0 amide bonds. The number of hydrogen-bond acceptors (Lipinski definition) is 0. The van der Waals surface area contributed by atoms with Gasteiger partial charge in [-0.1, -0.05) is 69.3 Å². The van der Waals surface area contributed by atoms with Gasteiger partial charge in [-0.3, -0.25) is 0 Å². The third-order valence-electron chi connectivity index (χ3n) is 2.67. The van der Waals surface area contributed by atoms with Gasteiger partial charge < -0.3 is 0 Å². The highest BCUT2D eigenvalue weighted by atomic mass is 31.1. The van der Waals surface area contributed by atoms with Crippen molar-refractivity contribution in [3.8, 4) is 0 Å². The van der Waals surface area contributed by atoms with Gasteiger partial charge in [-0.05, 0) is 35.3 Å². The molecule has 2 heteroatoms. The van der Waals surface area contributed by atoms with Crippen molar-refractivity contribution < 1.29 is 0 Å². The van der Waals surface area contributed by atoms with Gasteiger partial charge in [0.2, 0.25) is 0 Å². The smallest absolute Gasteiger partial charge is 0.0108 e. The topological polar surface area (TPSA) is 0 Å². The highest BCUT2D eigenvalue weighted by Crippen LogP contribution is 2.29. The van der Waals surface area contributed by atoms with Crippen molar-refractivity contribution in [1.29, 1.82) is 0 Å². The molecule has 0 aliphatic heterocycles. The van der Waals surface area contributed by atoms with Crippen molar-refractivity contribution in [2.45, 2.75) is 27.7 Å². The molecule has 0 fully saturated rings. The number of hydrogen-bond donors (Lipinski definition) is 0. The summed E-state index contributed by atoms with van der Waals surface area (Å²) < 4.78 is 0. The molecular weight excluding hydrogens is 234 g/mol. The number of aryl methyl sites for hydroxylation is 4. The van der Waals surface area contributed by atoms with E-state index in [2.05, 4.69) is 64.1 Å². The summed E-state index contributed by atoms with van der Waals surface area (Å²) in [4.78, 5) is 0. The third kappa shape index (κ3) is 3.03.